The molecule has 1 heterocycles. The smallest absolute Gasteiger partial charge is 0.387 e. The highest BCUT2D eigenvalue weighted by atomic mass is 32.2. The summed E-state index contributed by atoms with van der Waals surface area (Å²) in [6, 6.07) is 7.61. The minimum atomic E-state index is -4.62. The van der Waals surface area contributed by atoms with E-state index < -0.39 is 27.1 Å². The number of nitrogens with zero attached hydrogens (tertiary/aromatic N) is 1. The third kappa shape index (κ3) is 4.57. The van der Waals surface area contributed by atoms with E-state index >= 15 is 0 Å². The van der Waals surface area contributed by atoms with Gasteiger partial charge in [-0.1, -0.05) is 0 Å². The van der Waals surface area contributed by atoms with Crippen LogP contribution in [0.1, 0.15) is 5.69 Å². The summed E-state index contributed by atoms with van der Waals surface area (Å²) in [5, 5.41) is 2.90. The molecule has 0 aliphatic heterocycles. The normalized spacial score (nSPS) is 11.8. The highest BCUT2D eigenvalue weighted by Gasteiger charge is 2.26. The van der Waals surface area contributed by atoms with Gasteiger partial charge in [0.15, 0.2) is 0 Å². The SMILES string of the molecule is O=S(=O)(c1ccc(NCc2ccc(OC(F)F)cn2)cc1)C(F)F. The average Bonchev–Trinajstić information content (AvgIpc) is 2.54. The van der Waals surface area contributed by atoms with Gasteiger partial charge in [-0.3, -0.25) is 4.98 Å². The van der Waals surface area contributed by atoms with E-state index in [4.69, 9.17) is 0 Å². The Kier molecular flexibility index (Phi) is 5.60. The first kappa shape index (κ1) is 18.0. The van der Waals surface area contributed by atoms with Gasteiger partial charge < -0.3 is 10.1 Å². The maximum atomic E-state index is 12.4. The molecule has 0 amide bonds. The van der Waals surface area contributed by atoms with Crippen LogP contribution < -0.4 is 10.1 Å². The number of ether oxygens (including phenoxy) is 1. The van der Waals surface area contributed by atoms with Gasteiger partial charge in [-0.2, -0.15) is 17.6 Å². The summed E-state index contributed by atoms with van der Waals surface area (Å²) < 4.78 is 75.6. The first-order valence-corrected chi connectivity index (χ1v) is 8.09. The summed E-state index contributed by atoms with van der Waals surface area (Å²) in [6.45, 7) is -2.71. The minimum absolute atomic E-state index is 0.0738. The summed E-state index contributed by atoms with van der Waals surface area (Å²) in [4.78, 5) is 3.43. The summed E-state index contributed by atoms with van der Waals surface area (Å²) in [5.74, 6) is -3.55. The fraction of sp³-hybridized carbons (Fsp3) is 0.214. The van der Waals surface area contributed by atoms with Gasteiger partial charge in [-0.05, 0) is 36.4 Å². The zero-order chi connectivity index (χ0) is 17.7. The van der Waals surface area contributed by atoms with Crippen molar-refractivity contribution in [2.75, 3.05) is 5.32 Å². The van der Waals surface area contributed by atoms with Crippen molar-refractivity contribution in [3.8, 4) is 5.75 Å². The van der Waals surface area contributed by atoms with E-state index in [1.807, 2.05) is 0 Å². The van der Waals surface area contributed by atoms with Gasteiger partial charge in [0.1, 0.15) is 5.75 Å². The number of halogens is 4. The molecule has 0 unspecified atom stereocenters. The van der Waals surface area contributed by atoms with E-state index in [2.05, 4.69) is 15.0 Å². The molecular formula is C14H12F4N2O3S. The fourth-order valence-electron chi connectivity index (χ4n) is 1.75. The van der Waals surface area contributed by atoms with Crippen molar-refractivity contribution in [3.63, 3.8) is 0 Å². The summed E-state index contributed by atoms with van der Waals surface area (Å²) in [6.07, 6.45) is 1.14. The zero-order valence-corrected chi connectivity index (χ0v) is 12.8. The molecule has 1 aromatic carbocycles. The Morgan fingerprint density at radius 3 is 2.21 bits per heavy atom. The third-order valence-corrected chi connectivity index (χ3v) is 4.31. The topological polar surface area (TPSA) is 68.3 Å². The Labute approximate surface area is 135 Å². The number of hydrogen-bond donors (Lipinski definition) is 1. The Balaban J connectivity index is 1.97. The number of rotatable bonds is 7. The van der Waals surface area contributed by atoms with Crippen LogP contribution in [0.4, 0.5) is 23.2 Å². The van der Waals surface area contributed by atoms with E-state index in [1.54, 1.807) is 0 Å². The predicted molar refractivity (Wildman–Crippen MR) is 77.8 cm³/mol. The van der Waals surface area contributed by atoms with Crippen LogP contribution in [0.3, 0.4) is 0 Å². The van der Waals surface area contributed by atoms with Crippen LogP contribution in [0.2, 0.25) is 0 Å². The fourth-order valence-corrected chi connectivity index (χ4v) is 2.47. The predicted octanol–water partition coefficient (Wildman–Crippen LogP) is 3.29. The average molecular weight is 364 g/mol. The highest BCUT2D eigenvalue weighted by molar-refractivity contribution is 7.91. The summed E-state index contributed by atoms with van der Waals surface area (Å²) >= 11 is 0. The van der Waals surface area contributed by atoms with E-state index in [1.165, 1.54) is 24.3 Å². The number of anilines is 1. The molecule has 130 valence electrons. The number of nitrogens with one attached hydrogen (secondary N) is 1. The first-order chi connectivity index (χ1) is 11.3. The van der Waals surface area contributed by atoms with Crippen molar-refractivity contribution in [1.29, 1.82) is 0 Å². The molecule has 0 radical (unpaired) electrons. The van der Waals surface area contributed by atoms with Crippen LogP contribution in [0.15, 0.2) is 47.5 Å². The Hall–Kier alpha value is -2.36. The molecular weight excluding hydrogens is 352 g/mol. The summed E-state index contributed by atoms with van der Waals surface area (Å²) in [5.41, 5.74) is 0.999. The van der Waals surface area contributed by atoms with E-state index in [0.29, 0.717) is 11.4 Å². The number of alkyl halides is 4. The van der Waals surface area contributed by atoms with E-state index in [0.717, 1.165) is 18.3 Å². The van der Waals surface area contributed by atoms with Gasteiger partial charge in [0, 0.05) is 5.69 Å². The molecule has 1 N–H and O–H groups in total. The maximum absolute atomic E-state index is 12.4. The molecule has 24 heavy (non-hydrogen) atoms. The van der Waals surface area contributed by atoms with Gasteiger partial charge in [0.2, 0.25) is 9.84 Å². The lowest BCUT2D eigenvalue weighted by Crippen LogP contribution is -2.11. The van der Waals surface area contributed by atoms with Crippen LogP contribution in [-0.4, -0.2) is 25.8 Å². The lowest BCUT2D eigenvalue weighted by atomic mass is 10.3. The Bertz CT molecular complexity index is 766. The molecule has 0 saturated carbocycles. The zero-order valence-electron chi connectivity index (χ0n) is 12.0. The van der Waals surface area contributed by atoms with Crippen molar-refractivity contribution >= 4 is 15.5 Å². The summed E-state index contributed by atoms with van der Waals surface area (Å²) in [7, 11) is -4.62. The molecule has 0 atom stereocenters. The molecule has 2 aromatic rings. The monoisotopic (exact) mass is 364 g/mol. The third-order valence-electron chi connectivity index (χ3n) is 2.91. The first-order valence-electron chi connectivity index (χ1n) is 6.55. The quantitative estimate of drug-likeness (QED) is 0.764. The molecule has 0 aliphatic rings. The van der Waals surface area contributed by atoms with Crippen LogP contribution in [0.5, 0.6) is 5.75 Å². The number of aromatic nitrogens is 1. The van der Waals surface area contributed by atoms with Crippen LogP contribution in [-0.2, 0) is 16.4 Å². The molecule has 2 rings (SSSR count). The highest BCUT2D eigenvalue weighted by Crippen LogP contribution is 2.20. The van der Waals surface area contributed by atoms with Gasteiger partial charge in [0.05, 0.1) is 23.3 Å². The van der Waals surface area contributed by atoms with Gasteiger partial charge in [-0.25, -0.2) is 8.42 Å². The second-order valence-electron chi connectivity index (χ2n) is 4.55. The van der Waals surface area contributed by atoms with Gasteiger partial charge in [0.25, 0.3) is 0 Å². The molecule has 0 bridgehead atoms. The number of sulfone groups is 1. The molecule has 0 aliphatic carbocycles. The minimum Gasteiger partial charge on any atom is -0.433 e. The lowest BCUT2D eigenvalue weighted by Gasteiger charge is -2.08. The van der Waals surface area contributed by atoms with Gasteiger partial charge >= 0.3 is 12.4 Å². The second-order valence-corrected chi connectivity index (χ2v) is 6.47. The van der Waals surface area contributed by atoms with Crippen molar-refractivity contribution in [2.24, 2.45) is 0 Å². The number of hydrogen-bond acceptors (Lipinski definition) is 5. The van der Waals surface area contributed by atoms with Crippen LogP contribution >= 0.6 is 0 Å². The molecule has 0 spiro atoms. The lowest BCUT2D eigenvalue weighted by molar-refractivity contribution is -0.0500. The number of pyridine rings is 1. The largest absolute Gasteiger partial charge is 0.433 e. The van der Waals surface area contributed by atoms with Gasteiger partial charge in [-0.15, -0.1) is 0 Å². The van der Waals surface area contributed by atoms with E-state index in [-0.39, 0.29) is 12.3 Å². The molecule has 10 heteroatoms. The van der Waals surface area contributed by atoms with Crippen LogP contribution in [0.25, 0.3) is 0 Å². The second kappa shape index (κ2) is 7.47. The standard InChI is InChI=1S/C14H12F4N2O3S/c15-13(16)23-11-4-1-10(20-8-11)7-19-9-2-5-12(6-3-9)24(21,22)14(17)18/h1-6,8,13-14,19H,7H2. The van der Waals surface area contributed by atoms with Crippen molar-refractivity contribution in [1.82, 2.24) is 4.98 Å². The van der Waals surface area contributed by atoms with E-state index in [9.17, 15) is 26.0 Å². The molecule has 5 nitrogen and oxygen atoms in total. The maximum Gasteiger partial charge on any atom is 0.387 e. The Morgan fingerprint density at radius 2 is 1.71 bits per heavy atom. The molecule has 0 fully saturated rings. The molecule has 0 saturated heterocycles. The Morgan fingerprint density at radius 1 is 1.04 bits per heavy atom. The van der Waals surface area contributed by atoms with Crippen molar-refractivity contribution < 1.29 is 30.7 Å². The molecule has 1 aromatic heterocycles. The van der Waals surface area contributed by atoms with Crippen LogP contribution in [0, 0.1) is 0 Å². The number of benzene rings is 1. The van der Waals surface area contributed by atoms with Crippen molar-refractivity contribution in [2.45, 2.75) is 23.8 Å². The van der Waals surface area contributed by atoms with Crippen molar-refractivity contribution in [3.05, 3.63) is 48.3 Å².